The van der Waals surface area contributed by atoms with Crippen LogP contribution in [0.25, 0.3) is 6.08 Å². The van der Waals surface area contributed by atoms with Crippen LogP contribution >= 0.6 is 0 Å². The van der Waals surface area contributed by atoms with Crippen molar-refractivity contribution in [2.45, 2.75) is 45.5 Å². The van der Waals surface area contributed by atoms with E-state index in [2.05, 4.69) is 5.32 Å². The average Bonchev–Trinajstić information content (AvgIpc) is 2.97. The van der Waals surface area contributed by atoms with Crippen LogP contribution in [-0.4, -0.2) is 31.0 Å². The van der Waals surface area contributed by atoms with Crippen molar-refractivity contribution >= 4 is 19.3 Å². The molecule has 1 saturated heterocycles. The molecule has 1 fully saturated rings. The first-order valence-corrected chi connectivity index (χ1v) is 10.3. The number of hydrogen-bond donors (Lipinski definition) is 1. The van der Waals surface area contributed by atoms with Gasteiger partial charge in [-0.1, -0.05) is 36.4 Å². The normalized spacial score (nSPS) is 17.0. The topological polar surface area (TPSA) is 80.6 Å². The van der Waals surface area contributed by atoms with Gasteiger partial charge in [0.2, 0.25) is 0 Å². The Hall–Kier alpha value is -3.15. The van der Waals surface area contributed by atoms with Crippen molar-refractivity contribution < 1.29 is 23.2 Å². The van der Waals surface area contributed by atoms with Crippen LogP contribution in [0.4, 0.5) is 9.18 Å². The largest absolute Gasteiger partial charge is 0.492 e. The van der Waals surface area contributed by atoms with Gasteiger partial charge in [-0.05, 0) is 62.5 Å². The van der Waals surface area contributed by atoms with Crippen molar-refractivity contribution in [3.05, 3.63) is 76.5 Å². The third-order valence-corrected chi connectivity index (χ3v) is 5.68. The minimum absolute atomic E-state index is 0.0336. The molecule has 0 atom stereocenters. The summed E-state index contributed by atoms with van der Waals surface area (Å²) in [6.45, 7) is 7.81. The second-order valence-corrected chi connectivity index (χ2v) is 8.57. The summed E-state index contributed by atoms with van der Waals surface area (Å²) < 4.78 is 31.3. The third-order valence-electron chi connectivity index (χ3n) is 5.68. The number of carbonyl (C=O) groups is 1. The van der Waals surface area contributed by atoms with E-state index in [1.54, 1.807) is 6.08 Å². The minimum atomic E-state index is -0.788. The van der Waals surface area contributed by atoms with Crippen LogP contribution in [0.1, 0.15) is 44.4 Å². The molecule has 1 aliphatic heterocycles. The number of benzene rings is 2. The Morgan fingerprint density at radius 3 is 2.44 bits per heavy atom. The molecule has 3 rings (SSSR count). The number of nitriles is 1. The van der Waals surface area contributed by atoms with E-state index in [0.717, 1.165) is 5.56 Å². The van der Waals surface area contributed by atoms with Gasteiger partial charge in [-0.25, -0.2) is 9.18 Å². The van der Waals surface area contributed by atoms with Crippen LogP contribution in [0.15, 0.2) is 54.0 Å². The average molecular weight is 436 g/mol. The molecule has 0 spiro atoms. The van der Waals surface area contributed by atoms with Gasteiger partial charge in [0.15, 0.2) is 0 Å². The van der Waals surface area contributed by atoms with Crippen LogP contribution in [0.2, 0.25) is 0 Å². The van der Waals surface area contributed by atoms with E-state index in [1.807, 2.05) is 64.1 Å². The lowest BCUT2D eigenvalue weighted by molar-refractivity contribution is 0.00578. The smallest absolute Gasteiger partial charge is 0.445 e. The highest BCUT2D eigenvalue weighted by molar-refractivity contribution is 6.56. The molecule has 0 saturated carbocycles. The van der Waals surface area contributed by atoms with Gasteiger partial charge in [0.1, 0.15) is 12.4 Å². The van der Waals surface area contributed by atoms with Gasteiger partial charge in [-0.3, -0.25) is 0 Å². The van der Waals surface area contributed by atoms with Crippen LogP contribution in [0, 0.1) is 17.1 Å². The number of rotatable bonds is 6. The quantitative estimate of drug-likeness (QED) is 0.668. The standard InChI is InChI=1S/C24H26BFN2O4/c1-23(2)24(3,4)32-25(31-23)20(12-19-13-21(26)11-10-18(19)14-27)15-28-22(29)30-16-17-8-6-5-7-9-17/h5-13H,15-16H2,1-4H3,(H,28,29). The van der Waals surface area contributed by atoms with Gasteiger partial charge < -0.3 is 19.4 Å². The van der Waals surface area contributed by atoms with Crippen molar-refractivity contribution in [2.24, 2.45) is 0 Å². The third kappa shape index (κ3) is 5.55. The lowest BCUT2D eigenvalue weighted by Gasteiger charge is -2.32. The first-order valence-electron chi connectivity index (χ1n) is 10.3. The molecule has 0 aliphatic carbocycles. The van der Waals surface area contributed by atoms with Gasteiger partial charge in [0.05, 0.1) is 22.8 Å². The maximum absolute atomic E-state index is 13.8. The number of alkyl carbamates (subject to hydrolysis) is 1. The Morgan fingerprint density at radius 1 is 1.16 bits per heavy atom. The number of ether oxygens (including phenoxy) is 1. The van der Waals surface area contributed by atoms with E-state index < -0.39 is 30.2 Å². The predicted molar refractivity (Wildman–Crippen MR) is 120 cm³/mol. The molecule has 0 radical (unpaired) electrons. The molecule has 2 aromatic rings. The molecule has 8 heteroatoms. The van der Waals surface area contributed by atoms with Crippen LogP contribution < -0.4 is 5.32 Å². The lowest BCUT2D eigenvalue weighted by Crippen LogP contribution is -2.41. The number of nitrogens with zero attached hydrogens (tertiary/aromatic N) is 1. The zero-order valence-electron chi connectivity index (χ0n) is 18.6. The molecule has 6 nitrogen and oxygen atoms in total. The molecular formula is C24H26BFN2O4. The van der Waals surface area contributed by atoms with Gasteiger partial charge in [0, 0.05) is 6.54 Å². The lowest BCUT2D eigenvalue weighted by atomic mass is 9.76. The summed E-state index contributed by atoms with van der Waals surface area (Å²) in [5.74, 6) is -0.473. The Morgan fingerprint density at radius 2 is 1.81 bits per heavy atom. The SMILES string of the molecule is CC1(C)OB(C(=Cc2cc(F)ccc2C#N)CNC(=O)OCc2ccccc2)OC1(C)C. The van der Waals surface area contributed by atoms with Gasteiger partial charge >= 0.3 is 13.2 Å². The monoisotopic (exact) mass is 436 g/mol. The van der Waals surface area contributed by atoms with Crippen molar-refractivity contribution in [1.29, 1.82) is 5.26 Å². The molecule has 1 aliphatic rings. The van der Waals surface area contributed by atoms with E-state index in [9.17, 15) is 14.4 Å². The first kappa shape index (κ1) is 23.5. The maximum Gasteiger partial charge on any atom is 0.492 e. The summed E-state index contributed by atoms with van der Waals surface area (Å²) in [5, 5.41) is 12.1. The zero-order valence-corrected chi connectivity index (χ0v) is 18.6. The summed E-state index contributed by atoms with van der Waals surface area (Å²) in [4.78, 5) is 12.3. The zero-order chi connectivity index (χ0) is 23.4. The van der Waals surface area contributed by atoms with E-state index >= 15 is 0 Å². The number of amides is 1. The summed E-state index contributed by atoms with van der Waals surface area (Å²) in [6.07, 6.45) is 0.998. The molecular weight excluding hydrogens is 410 g/mol. The molecule has 1 heterocycles. The molecule has 166 valence electrons. The molecule has 2 aromatic carbocycles. The highest BCUT2D eigenvalue weighted by Crippen LogP contribution is 2.38. The van der Waals surface area contributed by atoms with Gasteiger partial charge in [-0.15, -0.1) is 0 Å². The first-order chi connectivity index (χ1) is 15.1. The minimum Gasteiger partial charge on any atom is -0.445 e. The van der Waals surface area contributed by atoms with Crippen LogP contribution in [0.3, 0.4) is 0 Å². The number of halogens is 1. The predicted octanol–water partition coefficient (Wildman–Crippen LogP) is 4.64. The number of nitrogens with one attached hydrogen (secondary N) is 1. The second kappa shape index (κ2) is 9.55. The maximum atomic E-state index is 13.8. The highest BCUT2D eigenvalue weighted by atomic mass is 19.1. The number of carbonyl (C=O) groups excluding carboxylic acids is 1. The summed E-state index contributed by atoms with van der Waals surface area (Å²) in [7, 11) is -0.788. The fraction of sp³-hybridized carbons (Fsp3) is 0.333. The van der Waals surface area contributed by atoms with E-state index in [0.29, 0.717) is 16.6 Å². The molecule has 0 bridgehead atoms. The van der Waals surface area contributed by atoms with E-state index in [1.165, 1.54) is 18.2 Å². The molecule has 1 amide bonds. The van der Waals surface area contributed by atoms with Gasteiger partial charge in [-0.2, -0.15) is 5.26 Å². The Balaban J connectivity index is 1.79. The van der Waals surface area contributed by atoms with E-state index in [4.69, 9.17) is 14.0 Å². The molecule has 32 heavy (non-hydrogen) atoms. The fourth-order valence-electron chi connectivity index (χ4n) is 3.10. The molecule has 0 aromatic heterocycles. The molecule has 0 unspecified atom stereocenters. The second-order valence-electron chi connectivity index (χ2n) is 8.57. The Labute approximate surface area is 188 Å². The van der Waals surface area contributed by atoms with E-state index in [-0.39, 0.29) is 13.2 Å². The summed E-state index contributed by atoms with van der Waals surface area (Å²) in [6, 6.07) is 15.3. The van der Waals surface area contributed by atoms with Crippen molar-refractivity contribution in [1.82, 2.24) is 5.32 Å². The van der Waals surface area contributed by atoms with Gasteiger partial charge in [0.25, 0.3) is 0 Å². The fourth-order valence-corrected chi connectivity index (χ4v) is 3.10. The number of hydrogen-bond acceptors (Lipinski definition) is 5. The van der Waals surface area contributed by atoms with Crippen LogP contribution in [-0.2, 0) is 20.7 Å². The van der Waals surface area contributed by atoms with Crippen molar-refractivity contribution in [2.75, 3.05) is 6.54 Å². The summed E-state index contributed by atoms with van der Waals surface area (Å²) in [5.41, 5.74) is 0.851. The molecule has 1 N–H and O–H groups in total. The Bertz CT molecular complexity index is 1030. The highest BCUT2D eigenvalue weighted by Gasteiger charge is 2.52. The van der Waals surface area contributed by atoms with Crippen molar-refractivity contribution in [3.63, 3.8) is 0 Å². The summed E-state index contributed by atoms with van der Waals surface area (Å²) >= 11 is 0. The van der Waals surface area contributed by atoms with Crippen LogP contribution in [0.5, 0.6) is 0 Å². The van der Waals surface area contributed by atoms with Crippen molar-refractivity contribution in [3.8, 4) is 6.07 Å². The Kier molecular flexibility index (Phi) is 7.02.